The molecule has 1 fully saturated rings. The van der Waals surface area contributed by atoms with Gasteiger partial charge in [0.2, 0.25) is 0 Å². The van der Waals surface area contributed by atoms with Crippen LogP contribution >= 0.6 is 0 Å². The number of aryl methyl sites for hydroxylation is 1. The number of hydrogen-bond donors (Lipinski definition) is 1. The zero-order chi connectivity index (χ0) is 24.4. The molecule has 1 amide bonds. The van der Waals surface area contributed by atoms with Crippen molar-refractivity contribution in [3.8, 4) is 5.75 Å². The Bertz CT molecular complexity index is 1300. The predicted molar refractivity (Wildman–Crippen MR) is 138 cm³/mol. The van der Waals surface area contributed by atoms with Crippen LogP contribution in [0.4, 0.5) is 17.1 Å². The number of amides is 1. The van der Waals surface area contributed by atoms with Crippen LogP contribution in [0.15, 0.2) is 77.7 Å². The Morgan fingerprint density at radius 2 is 1.66 bits per heavy atom. The van der Waals surface area contributed by atoms with Crippen LogP contribution in [0, 0.1) is 6.92 Å². The van der Waals surface area contributed by atoms with E-state index in [1.807, 2.05) is 37.3 Å². The standard InChI is InChI=1S/C27H29N3O4S/c1-20-10-15-25-24(18-20)30(35(32,33)23-8-4-2-5-9-23)19-26(34-25)27(31)28-21-11-13-22(14-12-21)29-16-6-3-7-17-29/h2,4-5,8-15,18,26H,3,6-7,16-17,19H2,1H3,(H,28,31). The highest BCUT2D eigenvalue weighted by Gasteiger charge is 2.37. The first-order chi connectivity index (χ1) is 16.9. The van der Waals surface area contributed by atoms with Gasteiger partial charge in [-0.25, -0.2) is 8.42 Å². The Morgan fingerprint density at radius 1 is 0.943 bits per heavy atom. The smallest absolute Gasteiger partial charge is 0.267 e. The molecule has 8 heteroatoms. The number of carbonyl (C=O) groups excluding carboxylic acids is 1. The number of hydrogen-bond acceptors (Lipinski definition) is 5. The fraction of sp³-hybridized carbons (Fsp3) is 0.296. The SMILES string of the molecule is Cc1ccc2c(c1)N(S(=O)(=O)c1ccccc1)CC(C(=O)Nc1ccc(N3CCCCC3)cc1)O2. The molecule has 0 saturated carbocycles. The normalized spacial score (nSPS) is 17.9. The van der Waals surface area contributed by atoms with Crippen LogP contribution in [0.25, 0.3) is 0 Å². The van der Waals surface area contributed by atoms with E-state index in [-0.39, 0.29) is 11.4 Å². The quantitative estimate of drug-likeness (QED) is 0.565. The molecule has 182 valence electrons. The maximum Gasteiger partial charge on any atom is 0.267 e. The fourth-order valence-electron chi connectivity index (χ4n) is 4.58. The third-order valence-electron chi connectivity index (χ3n) is 6.46. The summed E-state index contributed by atoms with van der Waals surface area (Å²) in [6.07, 6.45) is 2.67. The highest BCUT2D eigenvalue weighted by atomic mass is 32.2. The maximum atomic E-state index is 13.5. The van der Waals surface area contributed by atoms with Gasteiger partial charge in [-0.05, 0) is 80.3 Å². The highest BCUT2D eigenvalue weighted by molar-refractivity contribution is 7.92. The fourth-order valence-corrected chi connectivity index (χ4v) is 6.06. The molecule has 7 nitrogen and oxygen atoms in total. The van der Waals surface area contributed by atoms with E-state index >= 15 is 0 Å². The number of nitrogens with one attached hydrogen (secondary N) is 1. The Morgan fingerprint density at radius 3 is 2.37 bits per heavy atom. The van der Waals surface area contributed by atoms with Crippen LogP contribution in [0.1, 0.15) is 24.8 Å². The van der Waals surface area contributed by atoms with Gasteiger partial charge >= 0.3 is 0 Å². The second kappa shape index (κ2) is 9.62. The largest absolute Gasteiger partial charge is 0.476 e. The second-order valence-electron chi connectivity index (χ2n) is 9.01. The number of carbonyl (C=O) groups is 1. The van der Waals surface area contributed by atoms with Gasteiger partial charge < -0.3 is 15.0 Å². The van der Waals surface area contributed by atoms with E-state index in [0.717, 1.165) is 24.3 Å². The predicted octanol–water partition coefficient (Wildman–Crippen LogP) is 4.58. The van der Waals surface area contributed by atoms with Crippen LogP contribution in [0.5, 0.6) is 5.75 Å². The molecule has 0 bridgehead atoms. The molecule has 1 unspecified atom stereocenters. The van der Waals surface area contributed by atoms with Gasteiger partial charge in [0.15, 0.2) is 6.10 Å². The molecule has 1 atom stereocenters. The molecule has 2 heterocycles. The summed E-state index contributed by atoms with van der Waals surface area (Å²) < 4.78 is 34.3. The number of piperidine rings is 1. The molecule has 0 aromatic heterocycles. The van der Waals surface area contributed by atoms with Gasteiger partial charge in [-0.3, -0.25) is 9.10 Å². The summed E-state index contributed by atoms with van der Waals surface area (Å²) in [5, 5.41) is 2.89. The first-order valence-corrected chi connectivity index (χ1v) is 13.4. The zero-order valence-corrected chi connectivity index (χ0v) is 20.5. The molecule has 3 aromatic carbocycles. The van der Waals surface area contributed by atoms with E-state index < -0.39 is 22.0 Å². The number of sulfonamides is 1. The van der Waals surface area contributed by atoms with Gasteiger partial charge in [0.1, 0.15) is 5.75 Å². The lowest BCUT2D eigenvalue weighted by molar-refractivity contribution is -0.122. The van der Waals surface area contributed by atoms with Crippen LogP contribution in [0.2, 0.25) is 0 Å². The molecule has 0 radical (unpaired) electrons. The lowest BCUT2D eigenvalue weighted by atomic mass is 10.1. The summed E-state index contributed by atoms with van der Waals surface area (Å²) >= 11 is 0. The molecule has 0 spiro atoms. The maximum absolute atomic E-state index is 13.5. The van der Waals surface area contributed by atoms with Gasteiger partial charge in [-0.2, -0.15) is 0 Å². The minimum Gasteiger partial charge on any atom is -0.476 e. The second-order valence-corrected chi connectivity index (χ2v) is 10.9. The number of benzene rings is 3. The topological polar surface area (TPSA) is 79.0 Å². The molecule has 1 saturated heterocycles. The summed E-state index contributed by atoms with van der Waals surface area (Å²) in [5.41, 5.74) is 3.12. The van der Waals surface area contributed by atoms with Crippen molar-refractivity contribution in [2.45, 2.75) is 37.2 Å². The molecule has 0 aliphatic carbocycles. The molecule has 1 N–H and O–H groups in total. The van der Waals surface area contributed by atoms with Crippen LogP contribution in [0.3, 0.4) is 0 Å². The molecule has 35 heavy (non-hydrogen) atoms. The first kappa shape index (κ1) is 23.2. The van der Waals surface area contributed by atoms with Crippen molar-refractivity contribution in [3.05, 3.63) is 78.4 Å². The van der Waals surface area contributed by atoms with E-state index in [9.17, 15) is 13.2 Å². The van der Waals surface area contributed by atoms with E-state index in [2.05, 4.69) is 10.2 Å². The summed E-state index contributed by atoms with van der Waals surface area (Å²) in [6.45, 7) is 3.86. The minimum absolute atomic E-state index is 0.120. The van der Waals surface area contributed by atoms with Crippen molar-refractivity contribution in [2.24, 2.45) is 0 Å². The highest BCUT2D eigenvalue weighted by Crippen LogP contribution is 2.38. The van der Waals surface area contributed by atoms with Gasteiger partial charge in [-0.1, -0.05) is 24.3 Å². The summed E-state index contributed by atoms with van der Waals surface area (Å²) in [6, 6.07) is 21.3. The number of rotatable bonds is 5. The average Bonchev–Trinajstić information content (AvgIpc) is 2.89. The lowest BCUT2D eigenvalue weighted by Gasteiger charge is -2.35. The van der Waals surface area contributed by atoms with Crippen LogP contribution in [-0.4, -0.2) is 40.1 Å². The number of anilines is 3. The summed E-state index contributed by atoms with van der Waals surface area (Å²) in [4.78, 5) is 15.7. The molecule has 2 aliphatic rings. The van der Waals surface area contributed by atoms with Gasteiger partial charge in [0, 0.05) is 24.5 Å². The Balaban J connectivity index is 1.37. The van der Waals surface area contributed by atoms with Crippen molar-refractivity contribution >= 4 is 33.0 Å². The van der Waals surface area contributed by atoms with E-state index in [1.54, 1.807) is 42.5 Å². The monoisotopic (exact) mass is 491 g/mol. The molecule has 5 rings (SSSR count). The summed E-state index contributed by atoms with van der Waals surface area (Å²) in [7, 11) is -3.88. The zero-order valence-electron chi connectivity index (χ0n) is 19.7. The van der Waals surface area contributed by atoms with Gasteiger partial charge in [0.25, 0.3) is 15.9 Å². The molecular formula is C27H29N3O4S. The first-order valence-electron chi connectivity index (χ1n) is 11.9. The van der Waals surface area contributed by atoms with Gasteiger partial charge in [0.05, 0.1) is 17.1 Å². The number of fused-ring (bicyclic) bond motifs is 1. The molecule has 2 aliphatic heterocycles. The molecule has 3 aromatic rings. The van der Waals surface area contributed by atoms with Crippen molar-refractivity contribution in [2.75, 3.05) is 34.2 Å². The third kappa shape index (κ3) is 4.84. The van der Waals surface area contributed by atoms with Gasteiger partial charge in [-0.15, -0.1) is 0 Å². The minimum atomic E-state index is -3.88. The molecular weight excluding hydrogens is 462 g/mol. The van der Waals surface area contributed by atoms with Crippen molar-refractivity contribution in [1.29, 1.82) is 0 Å². The van der Waals surface area contributed by atoms with E-state index in [0.29, 0.717) is 17.1 Å². The Hall–Kier alpha value is -3.52. The van der Waals surface area contributed by atoms with Crippen LogP contribution < -0.4 is 19.3 Å². The van der Waals surface area contributed by atoms with E-state index in [1.165, 1.54) is 23.6 Å². The number of ether oxygens (including phenoxy) is 1. The van der Waals surface area contributed by atoms with Crippen molar-refractivity contribution in [3.63, 3.8) is 0 Å². The van der Waals surface area contributed by atoms with Crippen molar-refractivity contribution < 1.29 is 17.9 Å². The van der Waals surface area contributed by atoms with Crippen LogP contribution in [-0.2, 0) is 14.8 Å². The van der Waals surface area contributed by atoms with E-state index in [4.69, 9.17) is 4.74 Å². The Labute approximate surface area is 206 Å². The summed E-state index contributed by atoms with van der Waals surface area (Å²) in [5.74, 6) is -0.0304. The Kier molecular flexibility index (Phi) is 6.38. The number of nitrogens with zero attached hydrogens (tertiary/aromatic N) is 2. The average molecular weight is 492 g/mol. The third-order valence-corrected chi connectivity index (χ3v) is 8.26. The lowest BCUT2D eigenvalue weighted by Crippen LogP contribution is -2.48. The van der Waals surface area contributed by atoms with Crippen molar-refractivity contribution in [1.82, 2.24) is 0 Å².